The number of benzene rings is 2. The summed E-state index contributed by atoms with van der Waals surface area (Å²) in [5.41, 5.74) is 1.47. The van der Waals surface area contributed by atoms with Crippen molar-refractivity contribution in [2.75, 3.05) is 6.54 Å². The van der Waals surface area contributed by atoms with Crippen LogP contribution in [-0.4, -0.2) is 17.4 Å². The number of amides is 1. The second-order valence-corrected chi connectivity index (χ2v) is 5.97. The van der Waals surface area contributed by atoms with Gasteiger partial charge in [-0.2, -0.15) is 13.2 Å². The third kappa shape index (κ3) is 3.95. The molecule has 0 N–H and O–H groups in total. The van der Waals surface area contributed by atoms with E-state index in [2.05, 4.69) is 0 Å². The van der Waals surface area contributed by atoms with Crippen molar-refractivity contribution in [2.24, 2.45) is 0 Å². The van der Waals surface area contributed by atoms with Crippen molar-refractivity contribution in [1.29, 1.82) is 0 Å². The average molecular weight is 349 g/mol. The summed E-state index contributed by atoms with van der Waals surface area (Å²) in [5, 5.41) is 0. The van der Waals surface area contributed by atoms with E-state index < -0.39 is 11.7 Å². The van der Waals surface area contributed by atoms with Gasteiger partial charge in [0.15, 0.2) is 0 Å². The zero-order valence-electron chi connectivity index (χ0n) is 13.8. The van der Waals surface area contributed by atoms with E-state index in [1.54, 1.807) is 6.07 Å². The number of halogens is 3. The zero-order valence-corrected chi connectivity index (χ0v) is 13.8. The molecule has 0 saturated heterocycles. The number of ether oxygens (including phenoxy) is 1. The van der Waals surface area contributed by atoms with Crippen LogP contribution in [0.1, 0.15) is 30.0 Å². The summed E-state index contributed by atoms with van der Waals surface area (Å²) in [6.07, 6.45) is -3.10. The van der Waals surface area contributed by atoms with Gasteiger partial charge in [0.2, 0.25) is 5.91 Å². The zero-order chi connectivity index (χ0) is 18.0. The van der Waals surface area contributed by atoms with Gasteiger partial charge in [-0.05, 0) is 53.9 Å². The minimum atomic E-state index is -4.36. The van der Waals surface area contributed by atoms with Gasteiger partial charge >= 0.3 is 6.18 Å². The lowest BCUT2D eigenvalue weighted by molar-refractivity contribution is -0.137. The smallest absolute Gasteiger partial charge is 0.416 e. The van der Waals surface area contributed by atoms with E-state index in [1.807, 2.05) is 24.0 Å². The summed E-state index contributed by atoms with van der Waals surface area (Å²) in [5.74, 6) is 0.995. The van der Waals surface area contributed by atoms with Gasteiger partial charge in [0.25, 0.3) is 0 Å². The number of rotatable bonds is 3. The predicted molar refractivity (Wildman–Crippen MR) is 87.4 cm³/mol. The lowest BCUT2D eigenvalue weighted by Crippen LogP contribution is -2.35. The Bertz CT molecular complexity index is 769. The first-order chi connectivity index (χ1) is 11.9. The molecule has 0 aromatic heterocycles. The molecule has 3 rings (SSSR count). The minimum Gasteiger partial charge on any atom is -0.457 e. The van der Waals surface area contributed by atoms with Crippen molar-refractivity contribution < 1.29 is 22.7 Å². The molecular formula is C19H18F3NO2. The van der Waals surface area contributed by atoms with Gasteiger partial charge in [-0.15, -0.1) is 0 Å². The summed E-state index contributed by atoms with van der Waals surface area (Å²) in [7, 11) is 0. The van der Waals surface area contributed by atoms with E-state index in [-0.39, 0.29) is 5.91 Å². The van der Waals surface area contributed by atoms with E-state index in [0.717, 1.165) is 24.1 Å². The molecule has 132 valence electrons. The lowest BCUT2D eigenvalue weighted by atomic mass is 9.99. The molecular weight excluding hydrogens is 331 g/mol. The number of alkyl halides is 3. The Morgan fingerprint density at radius 1 is 1.08 bits per heavy atom. The molecule has 1 aliphatic rings. The average Bonchev–Trinajstić information content (AvgIpc) is 2.60. The van der Waals surface area contributed by atoms with Gasteiger partial charge < -0.3 is 9.64 Å². The fourth-order valence-electron chi connectivity index (χ4n) is 2.88. The summed E-state index contributed by atoms with van der Waals surface area (Å²) >= 11 is 0. The van der Waals surface area contributed by atoms with E-state index >= 15 is 0 Å². The standard InChI is InChI=1S/C19H18F3NO2/c1-2-18(24)23-10-9-13-3-6-17(11-14(13)12-23)25-16-7-4-15(5-8-16)19(20,21)22/h3-8,11H,2,9-10,12H2,1H3. The second-order valence-electron chi connectivity index (χ2n) is 5.97. The summed E-state index contributed by atoms with van der Waals surface area (Å²) < 4.78 is 43.4. The molecule has 2 aromatic rings. The number of nitrogens with zero attached hydrogens (tertiary/aromatic N) is 1. The largest absolute Gasteiger partial charge is 0.457 e. The Hall–Kier alpha value is -2.50. The molecule has 0 fully saturated rings. The Labute approximate surface area is 144 Å². The monoisotopic (exact) mass is 349 g/mol. The molecule has 2 aromatic carbocycles. The van der Waals surface area contributed by atoms with Crippen molar-refractivity contribution >= 4 is 5.91 Å². The Morgan fingerprint density at radius 3 is 2.40 bits per heavy atom. The van der Waals surface area contributed by atoms with Crippen LogP contribution in [0, 0.1) is 0 Å². The van der Waals surface area contributed by atoms with Gasteiger partial charge in [-0.1, -0.05) is 13.0 Å². The quantitative estimate of drug-likeness (QED) is 0.797. The molecule has 0 unspecified atom stereocenters. The minimum absolute atomic E-state index is 0.111. The molecule has 0 aliphatic carbocycles. The highest BCUT2D eigenvalue weighted by Crippen LogP contribution is 2.32. The molecule has 0 radical (unpaired) electrons. The van der Waals surface area contributed by atoms with Crippen LogP contribution in [0.15, 0.2) is 42.5 Å². The van der Waals surface area contributed by atoms with E-state index in [0.29, 0.717) is 31.0 Å². The van der Waals surface area contributed by atoms with Gasteiger partial charge in [0, 0.05) is 19.5 Å². The first-order valence-corrected chi connectivity index (χ1v) is 8.11. The molecule has 0 saturated carbocycles. The van der Waals surface area contributed by atoms with Gasteiger partial charge in [0.05, 0.1) is 5.56 Å². The number of hydrogen-bond acceptors (Lipinski definition) is 2. The maximum Gasteiger partial charge on any atom is 0.416 e. The normalized spacial score (nSPS) is 14.2. The molecule has 3 nitrogen and oxygen atoms in total. The topological polar surface area (TPSA) is 29.5 Å². The predicted octanol–water partition coefficient (Wildman–Crippen LogP) is 4.79. The molecule has 0 bridgehead atoms. The summed E-state index contributed by atoms with van der Waals surface area (Å²) in [4.78, 5) is 13.7. The van der Waals surface area contributed by atoms with Crippen LogP contribution in [0.4, 0.5) is 13.2 Å². The third-order valence-electron chi connectivity index (χ3n) is 4.26. The molecule has 25 heavy (non-hydrogen) atoms. The van der Waals surface area contributed by atoms with Crippen molar-refractivity contribution in [3.8, 4) is 11.5 Å². The van der Waals surface area contributed by atoms with Crippen LogP contribution in [0.2, 0.25) is 0 Å². The van der Waals surface area contributed by atoms with Gasteiger partial charge in [-0.25, -0.2) is 0 Å². The van der Waals surface area contributed by atoms with E-state index in [9.17, 15) is 18.0 Å². The van der Waals surface area contributed by atoms with Crippen molar-refractivity contribution in [3.05, 3.63) is 59.2 Å². The number of fused-ring (bicyclic) bond motifs is 1. The van der Waals surface area contributed by atoms with Crippen LogP contribution >= 0.6 is 0 Å². The van der Waals surface area contributed by atoms with Crippen LogP contribution in [0.5, 0.6) is 11.5 Å². The number of carbonyl (C=O) groups excluding carboxylic acids is 1. The molecule has 1 amide bonds. The fourth-order valence-corrected chi connectivity index (χ4v) is 2.88. The van der Waals surface area contributed by atoms with E-state index in [1.165, 1.54) is 17.7 Å². The molecule has 6 heteroatoms. The van der Waals surface area contributed by atoms with Crippen LogP contribution < -0.4 is 4.74 Å². The summed E-state index contributed by atoms with van der Waals surface area (Å²) in [6, 6.07) is 10.2. The Morgan fingerprint density at radius 2 is 1.76 bits per heavy atom. The fraction of sp³-hybridized carbons (Fsp3) is 0.316. The first kappa shape index (κ1) is 17.3. The molecule has 1 aliphatic heterocycles. The highest BCUT2D eigenvalue weighted by molar-refractivity contribution is 5.76. The Kier molecular flexibility index (Phi) is 4.70. The molecule has 1 heterocycles. The van der Waals surface area contributed by atoms with Crippen LogP contribution in [0.25, 0.3) is 0 Å². The SMILES string of the molecule is CCC(=O)N1CCc2ccc(Oc3ccc(C(F)(F)F)cc3)cc2C1. The van der Waals surface area contributed by atoms with Crippen LogP contribution in [-0.2, 0) is 23.9 Å². The molecule has 0 spiro atoms. The number of carbonyl (C=O) groups is 1. The lowest BCUT2D eigenvalue weighted by Gasteiger charge is -2.29. The van der Waals surface area contributed by atoms with E-state index in [4.69, 9.17) is 4.74 Å². The van der Waals surface area contributed by atoms with Gasteiger partial charge in [-0.3, -0.25) is 4.79 Å². The van der Waals surface area contributed by atoms with Crippen LogP contribution in [0.3, 0.4) is 0 Å². The third-order valence-corrected chi connectivity index (χ3v) is 4.26. The Balaban J connectivity index is 1.75. The molecule has 0 atom stereocenters. The highest BCUT2D eigenvalue weighted by Gasteiger charge is 2.30. The number of hydrogen-bond donors (Lipinski definition) is 0. The maximum atomic E-state index is 12.6. The van der Waals surface area contributed by atoms with Crippen molar-refractivity contribution in [1.82, 2.24) is 4.90 Å². The summed E-state index contributed by atoms with van der Waals surface area (Å²) in [6.45, 7) is 3.08. The maximum absolute atomic E-state index is 12.6. The highest BCUT2D eigenvalue weighted by atomic mass is 19.4. The first-order valence-electron chi connectivity index (χ1n) is 8.11. The van der Waals surface area contributed by atoms with Crippen molar-refractivity contribution in [3.63, 3.8) is 0 Å². The van der Waals surface area contributed by atoms with Crippen molar-refractivity contribution in [2.45, 2.75) is 32.5 Å². The second kappa shape index (κ2) is 6.78. The van der Waals surface area contributed by atoms with Gasteiger partial charge in [0.1, 0.15) is 11.5 Å².